The Labute approximate surface area is 150 Å². The predicted molar refractivity (Wildman–Crippen MR) is 90.6 cm³/mol. The number of allylic oxidation sites excluding steroid dienone is 1. The molecular formula is C17H19ClN2O5. The zero-order valence-electron chi connectivity index (χ0n) is 14.2. The molecule has 134 valence electrons. The summed E-state index contributed by atoms with van der Waals surface area (Å²) in [6.45, 7) is 6.06. The fraction of sp³-hybridized carbons (Fsp3) is 0.412. The van der Waals surface area contributed by atoms with Crippen molar-refractivity contribution in [2.45, 2.75) is 26.8 Å². The van der Waals surface area contributed by atoms with Crippen molar-refractivity contribution in [3.05, 3.63) is 34.0 Å². The molecule has 0 bridgehead atoms. The second-order valence-corrected chi connectivity index (χ2v) is 5.98. The van der Waals surface area contributed by atoms with Gasteiger partial charge in [-0.15, -0.1) is 0 Å². The molecule has 8 heteroatoms. The van der Waals surface area contributed by atoms with Gasteiger partial charge in [-0.1, -0.05) is 11.6 Å². The molecule has 2 aliphatic heterocycles. The number of hydrogen-bond donors (Lipinski definition) is 1. The van der Waals surface area contributed by atoms with Gasteiger partial charge in [0.1, 0.15) is 0 Å². The van der Waals surface area contributed by atoms with Crippen LogP contribution in [0.15, 0.2) is 23.4 Å². The first-order chi connectivity index (χ1) is 12.0. The highest BCUT2D eigenvalue weighted by atomic mass is 35.5. The van der Waals surface area contributed by atoms with Gasteiger partial charge in [0.2, 0.25) is 6.79 Å². The van der Waals surface area contributed by atoms with Crippen molar-refractivity contribution < 1.29 is 23.8 Å². The van der Waals surface area contributed by atoms with E-state index < -0.39 is 12.0 Å². The fourth-order valence-corrected chi connectivity index (χ4v) is 3.29. The van der Waals surface area contributed by atoms with Crippen LogP contribution < -0.4 is 14.8 Å². The number of ether oxygens (including phenoxy) is 3. The molecule has 1 aromatic rings. The highest BCUT2D eigenvalue weighted by Crippen LogP contribution is 2.42. The fourth-order valence-electron chi connectivity index (χ4n) is 3.02. The molecule has 2 amide bonds. The Balaban J connectivity index is 2.11. The first kappa shape index (κ1) is 17.4. The van der Waals surface area contributed by atoms with E-state index in [2.05, 4.69) is 5.32 Å². The molecule has 1 aromatic carbocycles. The van der Waals surface area contributed by atoms with Crippen LogP contribution >= 0.6 is 11.6 Å². The van der Waals surface area contributed by atoms with E-state index in [1.807, 2.05) is 6.92 Å². The molecule has 0 aromatic heterocycles. The second kappa shape index (κ2) is 6.84. The quantitative estimate of drug-likeness (QED) is 0.829. The van der Waals surface area contributed by atoms with E-state index >= 15 is 0 Å². The number of benzene rings is 1. The summed E-state index contributed by atoms with van der Waals surface area (Å²) >= 11 is 6.38. The van der Waals surface area contributed by atoms with E-state index in [1.165, 1.54) is 4.90 Å². The molecule has 0 fully saturated rings. The minimum absolute atomic E-state index is 0.107. The molecule has 1 N–H and O–H groups in total. The van der Waals surface area contributed by atoms with E-state index in [0.29, 0.717) is 39.9 Å². The molecule has 0 aliphatic carbocycles. The summed E-state index contributed by atoms with van der Waals surface area (Å²) < 4.78 is 15.9. The van der Waals surface area contributed by atoms with Crippen LogP contribution in [-0.2, 0) is 9.53 Å². The second-order valence-electron chi connectivity index (χ2n) is 5.57. The van der Waals surface area contributed by atoms with Crippen LogP contribution in [0, 0.1) is 0 Å². The third-order valence-electron chi connectivity index (χ3n) is 4.21. The molecule has 1 unspecified atom stereocenters. The van der Waals surface area contributed by atoms with Crippen LogP contribution in [0.25, 0.3) is 0 Å². The molecule has 0 radical (unpaired) electrons. The minimum atomic E-state index is -0.726. The lowest BCUT2D eigenvalue weighted by Crippen LogP contribution is -2.48. The maximum Gasteiger partial charge on any atom is 0.338 e. The molecule has 2 aliphatic rings. The number of halogens is 1. The first-order valence-electron chi connectivity index (χ1n) is 8.02. The largest absolute Gasteiger partial charge is 0.463 e. The van der Waals surface area contributed by atoms with Crippen molar-refractivity contribution in [2.75, 3.05) is 19.9 Å². The highest BCUT2D eigenvalue weighted by Gasteiger charge is 2.37. The van der Waals surface area contributed by atoms with Gasteiger partial charge in [-0.2, -0.15) is 0 Å². The number of carbonyl (C=O) groups is 2. The van der Waals surface area contributed by atoms with Gasteiger partial charge in [0.05, 0.1) is 23.2 Å². The summed E-state index contributed by atoms with van der Waals surface area (Å²) in [4.78, 5) is 26.5. The van der Waals surface area contributed by atoms with Crippen LogP contribution in [0.4, 0.5) is 4.79 Å². The van der Waals surface area contributed by atoms with E-state index in [-0.39, 0.29) is 19.4 Å². The summed E-state index contributed by atoms with van der Waals surface area (Å²) in [5.74, 6) is 0.564. The van der Waals surface area contributed by atoms with Crippen molar-refractivity contribution in [3.63, 3.8) is 0 Å². The number of fused-ring (bicyclic) bond motifs is 1. The molecule has 0 saturated heterocycles. The van der Waals surface area contributed by atoms with Gasteiger partial charge in [-0.3, -0.25) is 4.90 Å². The van der Waals surface area contributed by atoms with Crippen molar-refractivity contribution in [1.82, 2.24) is 10.2 Å². The van der Waals surface area contributed by atoms with E-state index in [9.17, 15) is 9.59 Å². The Bertz CT molecular complexity index is 762. The first-order valence-corrected chi connectivity index (χ1v) is 8.40. The van der Waals surface area contributed by atoms with Gasteiger partial charge >= 0.3 is 12.0 Å². The summed E-state index contributed by atoms with van der Waals surface area (Å²) in [7, 11) is 0. The van der Waals surface area contributed by atoms with Crippen LogP contribution in [0.3, 0.4) is 0 Å². The van der Waals surface area contributed by atoms with Gasteiger partial charge in [0.25, 0.3) is 0 Å². The topological polar surface area (TPSA) is 77.1 Å². The maximum absolute atomic E-state index is 12.5. The number of amides is 2. The van der Waals surface area contributed by atoms with Crippen LogP contribution in [0.1, 0.15) is 32.4 Å². The number of rotatable bonds is 4. The average molecular weight is 367 g/mol. The zero-order chi connectivity index (χ0) is 18.1. The smallest absolute Gasteiger partial charge is 0.338 e. The van der Waals surface area contributed by atoms with Crippen molar-refractivity contribution in [3.8, 4) is 11.5 Å². The SMILES string of the molecule is CCOC(=O)C1=C(C)N(CC)C(=O)NC1c1cc2c(cc1Cl)OCO2. The number of hydrogen-bond acceptors (Lipinski definition) is 5. The lowest BCUT2D eigenvalue weighted by molar-refractivity contribution is -0.139. The third kappa shape index (κ3) is 3.00. The normalized spacial score (nSPS) is 19.1. The molecule has 1 atom stereocenters. The molecule has 2 heterocycles. The molecule has 0 saturated carbocycles. The lowest BCUT2D eigenvalue weighted by atomic mass is 9.94. The Morgan fingerprint density at radius 2 is 2.04 bits per heavy atom. The Kier molecular flexibility index (Phi) is 4.76. The van der Waals surface area contributed by atoms with Crippen molar-refractivity contribution in [2.24, 2.45) is 0 Å². The van der Waals surface area contributed by atoms with Gasteiger partial charge in [-0.25, -0.2) is 9.59 Å². The predicted octanol–water partition coefficient (Wildman–Crippen LogP) is 2.99. The van der Waals surface area contributed by atoms with Crippen LogP contribution in [0.5, 0.6) is 11.5 Å². The molecule has 7 nitrogen and oxygen atoms in total. The highest BCUT2D eigenvalue weighted by molar-refractivity contribution is 6.31. The van der Waals surface area contributed by atoms with Gasteiger partial charge < -0.3 is 19.5 Å². The van der Waals surface area contributed by atoms with Crippen LogP contribution in [-0.4, -0.2) is 36.8 Å². The standard InChI is InChI=1S/C17H19ClN2O5/c1-4-20-9(3)14(16(21)23-5-2)15(19-17(20)22)10-6-12-13(7-11(10)18)25-8-24-12/h6-7,15H,4-5,8H2,1-3H3,(H,19,22). The lowest BCUT2D eigenvalue weighted by Gasteiger charge is -2.35. The Morgan fingerprint density at radius 3 is 2.68 bits per heavy atom. The Morgan fingerprint density at radius 1 is 1.36 bits per heavy atom. The van der Waals surface area contributed by atoms with E-state index in [0.717, 1.165) is 0 Å². The van der Waals surface area contributed by atoms with E-state index in [1.54, 1.807) is 26.0 Å². The summed E-state index contributed by atoms with van der Waals surface area (Å²) in [6.07, 6.45) is 0. The third-order valence-corrected chi connectivity index (χ3v) is 4.54. The molecule has 25 heavy (non-hydrogen) atoms. The maximum atomic E-state index is 12.5. The number of urea groups is 1. The molecule has 3 rings (SSSR count). The number of carbonyl (C=O) groups excluding carboxylic acids is 2. The minimum Gasteiger partial charge on any atom is -0.463 e. The van der Waals surface area contributed by atoms with Crippen molar-refractivity contribution in [1.29, 1.82) is 0 Å². The number of esters is 1. The van der Waals surface area contributed by atoms with E-state index in [4.69, 9.17) is 25.8 Å². The Hall–Kier alpha value is -2.41. The summed E-state index contributed by atoms with van der Waals surface area (Å²) in [5.41, 5.74) is 1.45. The summed E-state index contributed by atoms with van der Waals surface area (Å²) in [5, 5.41) is 3.20. The summed E-state index contributed by atoms with van der Waals surface area (Å²) in [6, 6.07) is 2.28. The molecular weight excluding hydrogens is 348 g/mol. The van der Waals surface area contributed by atoms with Gasteiger partial charge in [0, 0.05) is 23.9 Å². The zero-order valence-corrected chi connectivity index (χ0v) is 15.0. The number of nitrogens with one attached hydrogen (secondary N) is 1. The number of nitrogens with zero attached hydrogens (tertiary/aromatic N) is 1. The van der Waals surface area contributed by atoms with Crippen molar-refractivity contribution >= 4 is 23.6 Å². The van der Waals surface area contributed by atoms with Gasteiger partial charge in [0.15, 0.2) is 11.5 Å². The van der Waals surface area contributed by atoms with Crippen LogP contribution in [0.2, 0.25) is 5.02 Å². The van der Waals surface area contributed by atoms with Gasteiger partial charge in [-0.05, 0) is 26.8 Å². The average Bonchev–Trinajstić information content (AvgIpc) is 3.01. The molecule has 0 spiro atoms. The monoisotopic (exact) mass is 366 g/mol.